The van der Waals surface area contributed by atoms with Gasteiger partial charge in [0.1, 0.15) is 0 Å². The zero-order valence-electron chi connectivity index (χ0n) is 12.4. The summed E-state index contributed by atoms with van der Waals surface area (Å²) in [6, 6.07) is 9.58. The Morgan fingerprint density at radius 2 is 2.05 bits per heavy atom. The van der Waals surface area contributed by atoms with E-state index in [4.69, 9.17) is 0 Å². The summed E-state index contributed by atoms with van der Waals surface area (Å²) in [6.45, 7) is 8.32. The van der Waals surface area contributed by atoms with Crippen molar-refractivity contribution in [1.29, 1.82) is 0 Å². The molecule has 0 atom stereocenters. The molecule has 3 rings (SSSR count). The predicted octanol–water partition coefficient (Wildman–Crippen LogP) is 4.43. The number of rotatable bonds is 4. The summed E-state index contributed by atoms with van der Waals surface area (Å²) < 4.78 is 1.38. The van der Waals surface area contributed by atoms with Gasteiger partial charge < -0.3 is 10.2 Å². The van der Waals surface area contributed by atoms with Gasteiger partial charge in [0.2, 0.25) is 0 Å². The van der Waals surface area contributed by atoms with Gasteiger partial charge in [0.25, 0.3) is 0 Å². The molecule has 3 heteroatoms. The number of hydrogen-bond donors (Lipinski definition) is 1. The quantitative estimate of drug-likeness (QED) is 0.895. The van der Waals surface area contributed by atoms with Gasteiger partial charge in [0.05, 0.1) is 0 Å². The highest BCUT2D eigenvalue weighted by atomic mass is 32.1. The molecule has 0 unspecified atom stereocenters. The summed E-state index contributed by atoms with van der Waals surface area (Å²) in [5.41, 5.74) is 1.28. The Balaban J connectivity index is 1.56. The molecule has 1 aliphatic heterocycles. The average Bonchev–Trinajstić information content (AvgIpc) is 2.88. The van der Waals surface area contributed by atoms with Crippen molar-refractivity contribution in [2.45, 2.75) is 32.7 Å². The standard InChI is InChI=1S/C17H24N2S/c1-13(2)12-19-8-5-15(6-9-19)18-16-3-4-17-14(11-16)7-10-20-17/h3-4,7,10-11,13,15,18H,5-6,8-9,12H2,1-2H3. The van der Waals surface area contributed by atoms with Crippen LogP contribution >= 0.6 is 11.3 Å². The first kappa shape index (κ1) is 13.9. The maximum Gasteiger partial charge on any atom is 0.0349 e. The Morgan fingerprint density at radius 3 is 2.80 bits per heavy atom. The van der Waals surface area contributed by atoms with E-state index in [1.165, 1.54) is 48.2 Å². The monoisotopic (exact) mass is 288 g/mol. The topological polar surface area (TPSA) is 15.3 Å². The lowest BCUT2D eigenvalue weighted by atomic mass is 10.0. The highest BCUT2D eigenvalue weighted by molar-refractivity contribution is 7.17. The predicted molar refractivity (Wildman–Crippen MR) is 89.7 cm³/mol. The Kier molecular flexibility index (Phi) is 4.27. The first-order valence-corrected chi connectivity index (χ1v) is 8.55. The SMILES string of the molecule is CC(C)CN1CCC(Nc2ccc3sccc3c2)CC1. The molecule has 1 aromatic carbocycles. The van der Waals surface area contributed by atoms with Crippen LogP contribution in [0.3, 0.4) is 0 Å². The van der Waals surface area contributed by atoms with Crippen molar-refractivity contribution in [2.75, 3.05) is 25.0 Å². The van der Waals surface area contributed by atoms with Crippen molar-refractivity contribution in [3.05, 3.63) is 29.6 Å². The number of hydrogen-bond acceptors (Lipinski definition) is 3. The van der Waals surface area contributed by atoms with Gasteiger partial charge in [-0.25, -0.2) is 0 Å². The van der Waals surface area contributed by atoms with Crippen LogP contribution in [0.2, 0.25) is 0 Å². The second-order valence-corrected chi connectivity index (χ2v) is 7.23. The third-order valence-corrected chi connectivity index (χ3v) is 4.93. The van der Waals surface area contributed by atoms with Gasteiger partial charge in [0.15, 0.2) is 0 Å². The summed E-state index contributed by atoms with van der Waals surface area (Å²) in [5.74, 6) is 0.778. The second-order valence-electron chi connectivity index (χ2n) is 6.29. The molecule has 2 aromatic rings. The van der Waals surface area contributed by atoms with Crippen molar-refractivity contribution < 1.29 is 0 Å². The van der Waals surface area contributed by atoms with Crippen LogP contribution in [0.15, 0.2) is 29.6 Å². The molecule has 1 saturated heterocycles. The lowest BCUT2D eigenvalue weighted by Crippen LogP contribution is -2.40. The third-order valence-electron chi connectivity index (χ3n) is 4.03. The molecule has 1 N–H and O–H groups in total. The first-order chi connectivity index (χ1) is 9.70. The van der Waals surface area contributed by atoms with Crippen LogP contribution in [0.4, 0.5) is 5.69 Å². The number of nitrogens with one attached hydrogen (secondary N) is 1. The molecule has 2 heterocycles. The van der Waals surface area contributed by atoms with Crippen LogP contribution in [-0.2, 0) is 0 Å². The fourth-order valence-corrected chi connectivity index (χ4v) is 3.84. The van der Waals surface area contributed by atoms with Gasteiger partial charge in [-0.15, -0.1) is 11.3 Å². The summed E-state index contributed by atoms with van der Waals surface area (Å²) in [6.07, 6.45) is 2.52. The van der Waals surface area contributed by atoms with Gasteiger partial charge in [0, 0.05) is 36.1 Å². The van der Waals surface area contributed by atoms with E-state index in [1.807, 2.05) is 11.3 Å². The fraction of sp³-hybridized carbons (Fsp3) is 0.529. The molecule has 0 spiro atoms. The van der Waals surface area contributed by atoms with Crippen LogP contribution in [-0.4, -0.2) is 30.6 Å². The Hall–Kier alpha value is -1.06. The largest absolute Gasteiger partial charge is 0.382 e. The lowest BCUT2D eigenvalue weighted by molar-refractivity contribution is 0.198. The molecule has 2 nitrogen and oxygen atoms in total. The third kappa shape index (κ3) is 3.33. The summed E-state index contributed by atoms with van der Waals surface area (Å²) in [4.78, 5) is 2.60. The van der Waals surface area contributed by atoms with E-state index in [9.17, 15) is 0 Å². The molecule has 108 valence electrons. The van der Waals surface area contributed by atoms with E-state index in [0.29, 0.717) is 6.04 Å². The van der Waals surface area contributed by atoms with Gasteiger partial charge in [-0.1, -0.05) is 13.8 Å². The van der Waals surface area contributed by atoms with Crippen LogP contribution in [0.25, 0.3) is 10.1 Å². The van der Waals surface area contributed by atoms with Gasteiger partial charge in [-0.2, -0.15) is 0 Å². The molecule has 0 aliphatic carbocycles. The first-order valence-electron chi connectivity index (χ1n) is 7.67. The minimum atomic E-state index is 0.634. The maximum absolute atomic E-state index is 3.71. The molecular formula is C17H24N2S. The van der Waals surface area contributed by atoms with Gasteiger partial charge in [-0.3, -0.25) is 0 Å². The van der Waals surface area contributed by atoms with E-state index in [-0.39, 0.29) is 0 Å². The number of benzene rings is 1. The average molecular weight is 288 g/mol. The number of thiophene rings is 1. The molecule has 1 aromatic heterocycles. The minimum absolute atomic E-state index is 0.634. The molecule has 0 bridgehead atoms. The smallest absolute Gasteiger partial charge is 0.0349 e. The zero-order chi connectivity index (χ0) is 13.9. The lowest BCUT2D eigenvalue weighted by Gasteiger charge is -2.33. The zero-order valence-corrected chi connectivity index (χ0v) is 13.2. The van der Waals surface area contributed by atoms with Crippen LogP contribution < -0.4 is 5.32 Å². The van der Waals surface area contributed by atoms with Crippen molar-refractivity contribution in [1.82, 2.24) is 4.90 Å². The van der Waals surface area contributed by atoms with E-state index >= 15 is 0 Å². The summed E-state index contributed by atoms with van der Waals surface area (Å²) in [5, 5.41) is 7.24. The normalized spacial score (nSPS) is 17.9. The fourth-order valence-electron chi connectivity index (χ4n) is 3.07. The number of nitrogens with zero attached hydrogens (tertiary/aromatic N) is 1. The van der Waals surface area contributed by atoms with E-state index < -0.39 is 0 Å². The highest BCUT2D eigenvalue weighted by Gasteiger charge is 2.19. The summed E-state index contributed by atoms with van der Waals surface area (Å²) >= 11 is 1.81. The Bertz CT molecular complexity index is 553. The molecule has 1 aliphatic rings. The second kappa shape index (κ2) is 6.15. The number of likely N-dealkylation sites (tertiary alicyclic amines) is 1. The molecule has 0 amide bonds. The maximum atomic E-state index is 3.71. The highest BCUT2D eigenvalue weighted by Crippen LogP contribution is 2.25. The Morgan fingerprint density at radius 1 is 1.25 bits per heavy atom. The molecule has 0 saturated carbocycles. The van der Waals surface area contributed by atoms with E-state index in [1.54, 1.807) is 0 Å². The van der Waals surface area contributed by atoms with Gasteiger partial charge in [-0.05, 0) is 53.8 Å². The van der Waals surface area contributed by atoms with Crippen molar-refractivity contribution in [3.8, 4) is 0 Å². The van der Waals surface area contributed by atoms with Crippen LogP contribution in [0.1, 0.15) is 26.7 Å². The molecule has 1 fully saturated rings. The number of anilines is 1. The molecule has 20 heavy (non-hydrogen) atoms. The number of fused-ring (bicyclic) bond motifs is 1. The van der Waals surface area contributed by atoms with Crippen LogP contribution in [0, 0.1) is 5.92 Å². The molecule has 0 radical (unpaired) electrons. The van der Waals surface area contributed by atoms with Gasteiger partial charge >= 0.3 is 0 Å². The van der Waals surface area contributed by atoms with Crippen molar-refractivity contribution in [2.24, 2.45) is 5.92 Å². The summed E-state index contributed by atoms with van der Waals surface area (Å²) in [7, 11) is 0. The number of piperidine rings is 1. The minimum Gasteiger partial charge on any atom is -0.382 e. The Labute approximate surface area is 125 Å². The van der Waals surface area contributed by atoms with E-state index in [0.717, 1.165) is 5.92 Å². The van der Waals surface area contributed by atoms with E-state index in [2.05, 4.69) is 53.7 Å². The van der Waals surface area contributed by atoms with Crippen LogP contribution in [0.5, 0.6) is 0 Å². The van der Waals surface area contributed by atoms with Crippen molar-refractivity contribution >= 4 is 27.1 Å². The molecular weight excluding hydrogens is 264 g/mol. The van der Waals surface area contributed by atoms with Crippen molar-refractivity contribution in [3.63, 3.8) is 0 Å².